The van der Waals surface area contributed by atoms with E-state index >= 15 is 0 Å². The lowest BCUT2D eigenvalue weighted by Crippen LogP contribution is -2.35. The molecule has 0 bridgehead atoms. The van der Waals surface area contributed by atoms with Crippen LogP contribution in [0.1, 0.15) is 27.2 Å². The van der Waals surface area contributed by atoms with Gasteiger partial charge in [0.2, 0.25) is 10.0 Å². The van der Waals surface area contributed by atoms with E-state index < -0.39 is 10.0 Å². The molecule has 116 valence electrons. The number of hydrogen-bond acceptors (Lipinski definition) is 5. The molecule has 0 aliphatic heterocycles. The zero-order chi connectivity index (χ0) is 15.9. The smallest absolute Gasteiger partial charge is 0.244 e. The largest absolute Gasteiger partial charge is 0.370 e. The Morgan fingerprint density at radius 1 is 1.43 bits per heavy atom. The summed E-state index contributed by atoms with van der Waals surface area (Å²) in [6, 6.07) is 5.18. The quantitative estimate of drug-likeness (QED) is 0.794. The molecule has 1 heterocycles. The van der Waals surface area contributed by atoms with Gasteiger partial charge in [0, 0.05) is 32.3 Å². The van der Waals surface area contributed by atoms with Crippen LogP contribution >= 0.6 is 0 Å². The van der Waals surface area contributed by atoms with Gasteiger partial charge in [0.05, 0.1) is 6.07 Å². The molecule has 21 heavy (non-hydrogen) atoms. The minimum absolute atomic E-state index is 0.155. The fraction of sp³-hybridized carbons (Fsp3) is 0.571. The van der Waals surface area contributed by atoms with Crippen molar-refractivity contribution in [1.29, 1.82) is 5.26 Å². The van der Waals surface area contributed by atoms with Gasteiger partial charge in [-0.25, -0.2) is 13.4 Å². The Balaban J connectivity index is 3.01. The van der Waals surface area contributed by atoms with Gasteiger partial charge in [-0.1, -0.05) is 13.8 Å². The van der Waals surface area contributed by atoms with Gasteiger partial charge >= 0.3 is 0 Å². The molecule has 0 spiro atoms. The van der Waals surface area contributed by atoms with Crippen molar-refractivity contribution in [2.24, 2.45) is 5.92 Å². The second-order valence-electron chi connectivity index (χ2n) is 5.07. The van der Waals surface area contributed by atoms with Crippen molar-refractivity contribution in [3.63, 3.8) is 0 Å². The van der Waals surface area contributed by atoms with E-state index in [1.165, 1.54) is 10.5 Å². The summed E-state index contributed by atoms with van der Waals surface area (Å²) in [4.78, 5) is 4.25. The molecule has 0 radical (unpaired) electrons. The van der Waals surface area contributed by atoms with Gasteiger partial charge in [-0.2, -0.15) is 9.57 Å². The average molecular weight is 310 g/mol. The van der Waals surface area contributed by atoms with E-state index in [-0.39, 0.29) is 23.8 Å². The molecule has 0 aromatic carbocycles. The molecule has 1 N–H and O–H groups in total. The van der Waals surface area contributed by atoms with E-state index in [2.05, 4.69) is 10.3 Å². The van der Waals surface area contributed by atoms with Gasteiger partial charge in [-0.3, -0.25) is 0 Å². The van der Waals surface area contributed by atoms with E-state index in [0.717, 1.165) is 6.54 Å². The maximum atomic E-state index is 12.6. The van der Waals surface area contributed by atoms with Gasteiger partial charge in [0.25, 0.3) is 0 Å². The van der Waals surface area contributed by atoms with E-state index in [1.54, 1.807) is 12.1 Å². The van der Waals surface area contributed by atoms with Crippen molar-refractivity contribution in [3.8, 4) is 6.07 Å². The number of hydrogen-bond donors (Lipinski definition) is 1. The highest BCUT2D eigenvalue weighted by molar-refractivity contribution is 7.89. The predicted molar refractivity (Wildman–Crippen MR) is 82.2 cm³/mol. The summed E-state index contributed by atoms with van der Waals surface area (Å²) < 4.78 is 26.5. The van der Waals surface area contributed by atoms with Crippen LogP contribution in [0.5, 0.6) is 0 Å². The highest BCUT2D eigenvalue weighted by Gasteiger charge is 2.25. The van der Waals surface area contributed by atoms with Crippen molar-refractivity contribution in [3.05, 3.63) is 18.3 Å². The SMILES string of the molecule is CCNc1ccc(S(=O)(=O)N(CCC#N)CC(C)C)cn1. The zero-order valence-electron chi connectivity index (χ0n) is 12.7. The monoisotopic (exact) mass is 310 g/mol. The normalized spacial score (nSPS) is 11.6. The van der Waals surface area contributed by atoms with Crippen molar-refractivity contribution >= 4 is 15.8 Å². The Morgan fingerprint density at radius 3 is 2.62 bits per heavy atom. The standard InChI is InChI=1S/C14H22N4O2S/c1-4-16-14-7-6-13(10-17-14)21(19,20)18(9-5-8-15)11-12(2)3/h6-7,10,12H,4-5,9,11H2,1-3H3,(H,16,17). The first kappa shape index (κ1) is 17.4. The number of rotatable bonds is 8. The molecular formula is C14H22N4O2S. The van der Waals surface area contributed by atoms with E-state index in [9.17, 15) is 8.42 Å². The number of sulfonamides is 1. The van der Waals surface area contributed by atoms with Crippen LogP contribution in [-0.2, 0) is 10.0 Å². The molecule has 0 saturated carbocycles. The van der Waals surface area contributed by atoms with E-state index in [4.69, 9.17) is 5.26 Å². The molecule has 1 aromatic heterocycles. The summed E-state index contributed by atoms with van der Waals surface area (Å²) in [7, 11) is -3.61. The molecule has 0 amide bonds. The Hall–Kier alpha value is -1.65. The van der Waals surface area contributed by atoms with Crippen LogP contribution in [0.15, 0.2) is 23.2 Å². The second-order valence-corrected chi connectivity index (χ2v) is 7.01. The van der Waals surface area contributed by atoms with Crippen molar-refractivity contribution in [2.45, 2.75) is 32.1 Å². The van der Waals surface area contributed by atoms with Crippen LogP contribution in [0.3, 0.4) is 0 Å². The number of anilines is 1. The molecule has 1 rings (SSSR count). The van der Waals surface area contributed by atoms with Crippen molar-refractivity contribution < 1.29 is 8.42 Å². The molecule has 0 atom stereocenters. The summed E-state index contributed by atoms with van der Waals surface area (Å²) in [5.41, 5.74) is 0. The third-order valence-corrected chi connectivity index (χ3v) is 4.62. The number of nitrogens with zero attached hydrogens (tertiary/aromatic N) is 3. The van der Waals surface area contributed by atoms with Crippen LogP contribution in [0, 0.1) is 17.2 Å². The fourth-order valence-corrected chi connectivity index (χ4v) is 3.41. The number of pyridine rings is 1. The molecule has 7 heteroatoms. The lowest BCUT2D eigenvalue weighted by Gasteiger charge is -2.22. The Kier molecular flexibility index (Phi) is 6.59. The van der Waals surface area contributed by atoms with Crippen molar-refractivity contribution in [2.75, 3.05) is 25.0 Å². The first-order valence-corrected chi connectivity index (χ1v) is 8.42. The third-order valence-electron chi connectivity index (χ3n) is 2.77. The molecule has 0 aliphatic carbocycles. The lowest BCUT2D eigenvalue weighted by molar-refractivity contribution is 0.373. The zero-order valence-corrected chi connectivity index (χ0v) is 13.5. The minimum Gasteiger partial charge on any atom is -0.370 e. The van der Waals surface area contributed by atoms with Gasteiger partial charge < -0.3 is 5.32 Å². The number of nitriles is 1. The molecule has 6 nitrogen and oxygen atoms in total. The average Bonchev–Trinajstić information content (AvgIpc) is 2.44. The molecule has 0 unspecified atom stereocenters. The first-order chi connectivity index (χ1) is 9.91. The van der Waals surface area contributed by atoms with E-state index in [1.807, 2.05) is 26.8 Å². The summed E-state index contributed by atoms with van der Waals surface area (Å²) in [6.45, 7) is 7.15. The number of aromatic nitrogens is 1. The van der Waals surface area contributed by atoms with Crippen LogP contribution < -0.4 is 5.32 Å². The summed E-state index contributed by atoms with van der Waals surface area (Å²) in [5.74, 6) is 0.830. The summed E-state index contributed by atoms with van der Waals surface area (Å²) in [6.07, 6.45) is 1.53. The van der Waals surface area contributed by atoms with Gasteiger partial charge in [-0.15, -0.1) is 0 Å². The molecular weight excluding hydrogens is 288 g/mol. The Bertz CT molecular complexity index is 576. The predicted octanol–water partition coefficient (Wildman–Crippen LogP) is 2.07. The van der Waals surface area contributed by atoms with Crippen LogP contribution in [0.25, 0.3) is 0 Å². The number of nitrogens with one attached hydrogen (secondary N) is 1. The summed E-state index contributed by atoms with van der Waals surface area (Å²) >= 11 is 0. The fourth-order valence-electron chi connectivity index (χ4n) is 1.86. The van der Waals surface area contributed by atoms with E-state index in [0.29, 0.717) is 12.4 Å². The molecule has 1 aromatic rings. The molecule has 0 fully saturated rings. The van der Waals surface area contributed by atoms with Crippen LogP contribution in [0.2, 0.25) is 0 Å². The molecule has 0 aliphatic rings. The van der Waals surface area contributed by atoms with Gasteiger partial charge in [0.1, 0.15) is 10.7 Å². The van der Waals surface area contributed by atoms with Gasteiger partial charge in [0.15, 0.2) is 0 Å². The summed E-state index contributed by atoms with van der Waals surface area (Å²) in [5, 5.41) is 11.7. The van der Waals surface area contributed by atoms with Crippen LogP contribution in [-0.4, -0.2) is 37.3 Å². The van der Waals surface area contributed by atoms with Crippen LogP contribution in [0.4, 0.5) is 5.82 Å². The minimum atomic E-state index is -3.61. The maximum Gasteiger partial charge on any atom is 0.244 e. The van der Waals surface area contributed by atoms with Gasteiger partial charge in [-0.05, 0) is 25.0 Å². The highest BCUT2D eigenvalue weighted by Crippen LogP contribution is 2.18. The molecule has 0 saturated heterocycles. The Labute approximate surface area is 126 Å². The topological polar surface area (TPSA) is 86.1 Å². The lowest BCUT2D eigenvalue weighted by atomic mass is 10.2. The Morgan fingerprint density at radius 2 is 2.14 bits per heavy atom. The maximum absolute atomic E-state index is 12.6. The third kappa shape index (κ3) is 4.99. The highest BCUT2D eigenvalue weighted by atomic mass is 32.2. The van der Waals surface area contributed by atoms with Crippen molar-refractivity contribution in [1.82, 2.24) is 9.29 Å². The first-order valence-electron chi connectivity index (χ1n) is 6.98. The second kappa shape index (κ2) is 7.96.